The van der Waals surface area contributed by atoms with E-state index in [2.05, 4.69) is 58.9 Å². The van der Waals surface area contributed by atoms with Crippen molar-refractivity contribution in [1.29, 1.82) is 0 Å². The number of aryl methyl sites for hydroxylation is 2. The number of carbonyl (C=O) groups is 2. The second-order valence-corrected chi connectivity index (χ2v) is 11.5. The van der Waals surface area contributed by atoms with E-state index in [0.29, 0.717) is 23.3 Å². The average molecular weight is 515 g/mol. The first-order valence-corrected chi connectivity index (χ1v) is 13.5. The Morgan fingerprint density at radius 1 is 0.763 bits per heavy atom. The van der Waals surface area contributed by atoms with Crippen LogP contribution in [0.1, 0.15) is 116 Å². The van der Waals surface area contributed by atoms with Crippen LogP contribution in [0.2, 0.25) is 0 Å². The normalized spacial score (nSPS) is 12.7. The standard InChI is InChI=1S/C34H42O4/c1-10-33(6,7)29-17-15-25(19-22(29)3)24(5)26-16-18-30(23(4)20-26)37-31(35)27-13-12-14-28(21-27)32(36)38-34(8,9)11-2/h12-21,24H,10-11H2,1-9H3. The van der Waals surface area contributed by atoms with E-state index < -0.39 is 17.5 Å². The molecule has 3 rings (SSSR count). The van der Waals surface area contributed by atoms with E-state index in [4.69, 9.17) is 9.47 Å². The topological polar surface area (TPSA) is 52.6 Å². The molecule has 0 fully saturated rings. The van der Waals surface area contributed by atoms with Gasteiger partial charge in [-0.1, -0.05) is 71.0 Å². The van der Waals surface area contributed by atoms with Crippen LogP contribution in [0, 0.1) is 13.8 Å². The number of hydrogen-bond acceptors (Lipinski definition) is 4. The molecule has 0 aliphatic rings. The second-order valence-electron chi connectivity index (χ2n) is 11.5. The Bertz CT molecular complexity index is 1320. The summed E-state index contributed by atoms with van der Waals surface area (Å²) in [5.41, 5.74) is 6.21. The van der Waals surface area contributed by atoms with Gasteiger partial charge in [0, 0.05) is 5.92 Å². The number of carbonyl (C=O) groups excluding carboxylic acids is 2. The minimum absolute atomic E-state index is 0.153. The van der Waals surface area contributed by atoms with Crippen LogP contribution in [0.4, 0.5) is 0 Å². The first kappa shape index (κ1) is 29.2. The van der Waals surface area contributed by atoms with Gasteiger partial charge in [0.2, 0.25) is 0 Å². The second kappa shape index (κ2) is 11.6. The molecule has 0 aliphatic carbocycles. The molecule has 0 saturated carbocycles. The van der Waals surface area contributed by atoms with Gasteiger partial charge in [-0.05, 0) is 98.0 Å². The Kier molecular flexibility index (Phi) is 8.86. The summed E-state index contributed by atoms with van der Waals surface area (Å²) < 4.78 is 11.3. The van der Waals surface area contributed by atoms with Crippen molar-refractivity contribution in [3.63, 3.8) is 0 Å². The van der Waals surface area contributed by atoms with Crippen LogP contribution < -0.4 is 4.74 Å². The van der Waals surface area contributed by atoms with Crippen LogP contribution in [0.25, 0.3) is 0 Å². The largest absolute Gasteiger partial charge is 0.456 e. The zero-order valence-electron chi connectivity index (χ0n) is 24.4. The molecule has 4 nitrogen and oxygen atoms in total. The van der Waals surface area contributed by atoms with E-state index in [1.807, 2.05) is 39.8 Å². The highest BCUT2D eigenvalue weighted by Gasteiger charge is 2.23. The smallest absolute Gasteiger partial charge is 0.343 e. The van der Waals surface area contributed by atoms with Gasteiger partial charge >= 0.3 is 11.9 Å². The van der Waals surface area contributed by atoms with Crippen molar-refractivity contribution in [2.45, 2.75) is 92.1 Å². The monoisotopic (exact) mass is 514 g/mol. The van der Waals surface area contributed by atoms with Gasteiger partial charge in [-0.3, -0.25) is 0 Å². The molecule has 0 amide bonds. The molecule has 202 valence electrons. The molecular formula is C34H42O4. The van der Waals surface area contributed by atoms with Gasteiger partial charge in [0.25, 0.3) is 0 Å². The van der Waals surface area contributed by atoms with E-state index in [1.165, 1.54) is 22.8 Å². The summed E-state index contributed by atoms with van der Waals surface area (Å²) in [5, 5.41) is 0. The summed E-state index contributed by atoms with van der Waals surface area (Å²) in [6.07, 6.45) is 1.78. The first-order valence-electron chi connectivity index (χ1n) is 13.5. The summed E-state index contributed by atoms with van der Waals surface area (Å²) in [5.74, 6) is -0.265. The number of esters is 2. The van der Waals surface area contributed by atoms with Gasteiger partial charge < -0.3 is 9.47 Å². The van der Waals surface area contributed by atoms with Crippen molar-refractivity contribution in [2.75, 3.05) is 0 Å². The van der Waals surface area contributed by atoms with Crippen LogP contribution in [0.15, 0.2) is 60.7 Å². The maximum absolute atomic E-state index is 12.9. The van der Waals surface area contributed by atoms with Crippen molar-refractivity contribution in [3.05, 3.63) is 99.6 Å². The number of benzene rings is 3. The Balaban J connectivity index is 1.76. The van der Waals surface area contributed by atoms with Crippen molar-refractivity contribution in [2.24, 2.45) is 0 Å². The van der Waals surface area contributed by atoms with Crippen molar-refractivity contribution in [3.8, 4) is 5.75 Å². The highest BCUT2D eigenvalue weighted by molar-refractivity contribution is 5.96. The molecule has 0 aliphatic heterocycles. The molecule has 3 aromatic rings. The lowest BCUT2D eigenvalue weighted by Crippen LogP contribution is -2.27. The van der Waals surface area contributed by atoms with Gasteiger partial charge in [-0.15, -0.1) is 0 Å². The van der Waals surface area contributed by atoms with Gasteiger partial charge in [0.15, 0.2) is 0 Å². The summed E-state index contributed by atoms with van der Waals surface area (Å²) in [6, 6.07) is 19.2. The molecule has 0 spiro atoms. The highest BCUT2D eigenvalue weighted by atomic mass is 16.6. The van der Waals surface area contributed by atoms with Crippen LogP contribution in [0.3, 0.4) is 0 Å². The molecule has 4 heteroatoms. The molecular weight excluding hydrogens is 472 g/mol. The van der Waals surface area contributed by atoms with Crippen molar-refractivity contribution in [1.82, 2.24) is 0 Å². The highest BCUT2D eigenvalue weighted by Crippen LogP contribution is 2.34. The molecule has 0 bridgehead atoms. The minimum Gasteiger partial charge on any atom is -0.456 e. The lowest BCUT2D eigenvalue weighted by molar-refractivity contribution is -0.00244. The lowest BCUT2D eigenvalue weighted by atomic mass is 9.78. The Hall–Kier alpha value is -3.40. The fourth-order valence-electron chi connectivity index (χ4n) is 4.47. The summed E-state index contributed by atoms with van der Waals surface area (Å²) in [4.78, 5) is 25.5. The fourth-order valence-corrected chi connectivity index (χ4v) is 4.47. The van der Waals surface area contributed by atoms with Crippen LogP contribution in [-0.2, 0) is 10.2 Å². The molecule has 0 saturated heterocycles. The summed E-state index contributed by atoms with van der Waals surface area (Å²) >= 11 is 0. The first-order chi connectivity index (χ1) is 17.8. The maximum atomic E-state index is 12.9. The molecule has 3 aromatic carbocycles. The van der Waals surface area contributed by atoms with Crippen molar-refractivity contribution < 1.29 is 19.1 Å². The zero-order valence-corrected chi connectivity index (χ0v) is 24.4. The number of ether oxygens (including phenoxy) is 2. The molecule has 0 aromatic heterocycles. The van der Waals surface area contributed by atoms with Gasteiger partial charge in [0.1, 0.15) is 11.4 Å². The van der Waals surface area contributed by atoms with Crippen LogP contribution in [0.5, 0.6) is 5.75 Å². The molecule has 1 unspecified atom stereocenters. The molecule has 0 radical (unpaired) electrons. The van der Waals surface area contributed by atoms with E-state index in [9.17, 15) is 9.59 Å². The van der Waals surface area contributed by atoms with E-state index >= 15 is 0 Å². The Labute approximate surface area is 228 Å². The molecule has 38 heavy (non-hydrogen) atoms. The third-order valence-electron chi connectivity index (χ3n) is 7.82. The predicted molar refractivity (Wildman–Crippen MR) is 154 cm³/mol. The third-order valence-corrected chi connectivity index (χ3v) is 7.82. The summed E-state index contributed by atoms with van der Waals surface area (Å²) in [6.45, 7) is 18.8. The zero-order chi connectivity index (χ0) is 28.3. The Morgan fingerprint density at radius 3 is 1.89 bits per heavy atom. The van der Waals surface area contributed by atoms with E-state index in [0.717, 1.165) is 17.5 Å². The molecule has 1 atom stereocenters. The van der Waals surface area contributed by atoms with Gasteiger partial charge in [-0.25, -0.2) is 9.59 Å². The van der Waals surface area contributed by atoms with E-state index in [1.54, 1.807) is 18.2 Å². The fraction of sp³-hybridized carbons (Fsp3) is 0.412. The number of hydrogen-bond donors (Lipinski definition) is 0. The van der Waals surface area contributed by atoms with Crippen LogP contribution in [-0.4, -0.2) is 17.5 Å². The average Bonchev–Trinajstić information content (AvgIpc) is 2.88. The van der Waals surface area contributed by atoms with Gasteiger partial charge in [0.05, 0.1) is 11.1 Å². The van der Waals surface area contributed by atoms with Gasteiger partial charge in [-0.2, -0.15) is 0 Å². The molecule has 0 N–H and O–H groups in total. The molecule has 0 heterocycles. The third kappa shape index (κ3) is 6.72. The Morgan fingerprint density at radius 2 is 1.34 bits per heavy atom. The summed E-state index contributed by atoms with van der Waals surface area (Å²) in [7, 11) is 0. The lowest BCUT2D eigenvalue weighted by Gasteiger charge is -2.26. The quantitative estimate of drug-likeness (QED) is 0.212. The van der Waals surface area contributed by atoms with Crippen LogP contribution >= 0.6 is 0 Å². The number of rotatable bonds is 9. The SMILES string of the molecule is CCC(C)(C)OC(=O)c1cccc(C(=O)Oc2ccc(C(C)c3ccc(C(C)(C)CC)c(C)c3)cc2C)c1. The predicted octanol–water partition coefficient (Wildman–Crippen LogP) is 8.71. The minimum atomic E-state index is -0.573. The van der Waals surface area contributed by atoms with Crippen molar-refractivity contribution >= 4 is 11.9 Å². The maximum Gasteiger partial charge on any atom is 0.343 e. The van der Waals surface area contributed by atoms with E-state index in [-0.39, 0.29) is 11.3 Å².